The molecule has 2 N–H and O–H groups in total. The molecular weight excluding hydrogens is 298 g/mol. The fourth-order valence-electron chi connectivity index (χ4n) is 2.48. The van der Waals surface area contributed by atoms with E-state index in [0.29, 0.717) is 11.6 Å². The Morgan fingerprint density at radius 3 is 2.73 bits per heavy atom. The summed E-state index contributed by atoms with van der Waals surface area (Å²) in [6, 6.07) is 11.4. The number of aromatic nitrogens is 2. The van der Waals surface area contributed by atoms with Gasteiger partial charge in [-0.15, -0.1) is 0 Å². The van der Waals surface area contributed by atoms with Gasteiger partial charge < -0.3 is 14.8 Å². The van der Waals surface area contributed by atoms with E-state index in [1.165, 1.54) is 5.56 Å². The van der Waals surface area contributed by atoms with E-state index in [2.05, 4.69) is 27.8 Å². The molecule has 0 radical (unpaired) electrons. The van der Waals surface area contributed by atoms with Crippen molar-refractivity contribution in [2.45, 2.75) is 19.5 Å². The molecule has 1 atom stereocenters. The van der Waals surface area contributed by atoms with Gasteiger partial charge in [-0.2, -0.15) is 0 Å². The molecule has 2 aromatic heterocycles. The summed E-state index contributed by atoms with van der Waals surface area (Å²) in [5.41, 5.74) is 4.18. The Labute approximate surface area is 134 Å². The van der Waals surface area contributed by atoms with Gasteiger partial charge >= 0.3 is 0 Å². The quantitative estimate of drug-likeness (QED) is 0.760. The van der Waals surface area contributed by atoms with Crippen LogP contribution in [0.25, 0.3) is 5.65 Å². The van der Waals surface area contributed by atoms with Crippen LogP contribution >= 0.6 is 11.6 Å². The molecule has 4 nitrogen and oxygen atoms in total. The third-order valence-electron chi connectivity index (χ3n) is 3.71. The summed E-state index contributed by atoms with van der Waals surface area (Å²) in [6.45, 7) is 2.71. The second-order valence-electron chi connectivity index (χ2n) is 5.35. The maximum atomic E-state index is 9.62. The number of fused-ring (bicyclic) bond motifs is 1. The number of nitrogens with zero attached hydrogens (tertiary/aromatic N) is 2. The van der Waals surface area contributed by atoms with Gasteiger partial charge in [-0.05, 0) is 36.2 Å². The molecule has 3 rings (SSSR count). The number of aliphatic hydroxyl groups excluding tert-OH is 1. The Morgan fingerprint density at radius 2 is 2.00 bits per heavy atom. The Hall–Kier alpha value is -1.88. The number of hydrogen-bond donors (Lipinski definition) is 2. The van der Waals surface area contributed by atoms with Crippen LogP contribution < -0.4 is 5.32 Å². The summed E-state index contributed by atoms with van der Waals surface area (Å²) >= 11 is 5.90. The Morgan fingerprint density at radius 1 is 1.23 bits per heavy atom. The largest absolute Gasteiger partial charge is 0.394 e. The average molecular weight is 316 g/mol. The lowest BCUT2D eigenvalue weighted by molar-refractivity contribution is 0.243. The van der Waals surface area contributed by atoms with Crippen molar-refractivity contribution in [3.05, 3.63) is 70.6 Å². The summed E-state index contributed by atoms with van der Waals surface area (Å²) in [4.78, 5) is 4.39. The molecule has 0 aliphatic rings. The second-order valence-corrected chi connectivity index (χ2v) is 5.79. The highest BCUT2D eigenvalue weighted by Crippen LogP contribution is 2.17. The zero-order chi connectivity index (χ0) is 15.5. The minimum absolute atomic E-state index is 0.0252. The van der Waals surface area contributed by atoms with Crippen molar-refractivity contribution in [1.82, 2.24) is 14.7 Å². The Kier molecular flexibility index (Phi) is 4.43. The fourth-order valence-corrected chi connectivity index (χ4v) is 2.60. The van der Waals surface area contributed by atoms with Crippen molar-refractivity contribution in [2.24, 2.45) is 0 Å². The monoisotopic (exact) mass is 315 g/mol. The molecule has 22 heavy (non-hydrogen) atoms. The predicted molar refractivity (Wildman–Crippen MR) is 88.0 cm³/mol. The minimum atomic E-state index is -0.132. The van der Waals surface area contributed by atoms with Crippen molar-refractivity contribution in [3.8, 4) is 0 Å². The number of aliphatic hydroxyl groups is 1. The lowest BCUT2D eigenvalue weighted by Gasteiger charge is -2.16. The second kappa shape index (κ2) is 6.48. The van der Waals surface area contributed by atoms with E-state index in [9.17, 15) is 5.11 Å². The van der Waals surface area contributed by atoms with E-state index < -0.39 is 0 Å². The third-order valence-corrected chi connectivity index (χ3v) is 3.97. The average Bonchev–Trinajstić information content (AvgIpc) is 2.92. The minimum Gasteiger partial charge on any atom is -0.394 e. The van der Waals surface area contributed by atoms with Crippen molar-refractivity contribution in [1.29, 1.82) is 0 Å². The predicted octanol–water partition coefficient (Wildman–Crippen LogP) is 3.12. The zero-order valence-electron chi connectivity index (χ0n) is 12.3. The van der Waals surface area contributed by atoms with Gasteiger partial charge in [0.25, 0.3) is 0 Å². The van der Waals surface area contributed by atoms with E-state index in [1.54, 1.807) is 0 Å². The number of imidazole rings is 1. The van der Waals surface area contributed by atoms with Crippen LogP contribution in [0.4, 0.5) is 0 Å². The number of benzene rings is 1. The van der Waals surface area contributed by atoms with Crippen molar-refractivity contribution >= 4 is 17.2 Å². The van der Waals surface area contributed by atoms with Crippen LogP contribution in [0.2, 0.25) is 5.02 Å². The van der Waals surface area contributed by atoms with Crippen LogP contribution in [-0.4, -0.2) is 21.1 Å². The van der Waals surface area contributed by atoms with Crippen LogP contribution in [0.1, 0.15) is 22.9 Å². The number of halogens is 1. The molecule has 1 unspecified atom stereocenters. The molecule has 0 fully saturated rings. The molecule has 1 aromatic carbocycles. The van der Waals surface area contributed by atoms with Gasteiger partial charge in [-0.1, -0.05) is 29.8 Å². The number of rotatable bonds is 5. The molecule has 0 spiro atoms. The summed E-state index contributed by atoms with van der Waals surface area (Å²) in [6.07, 6.45) is 3.92. The van der Waals surface area contributed by atoms with Crippen LogP contribution in [0.15, 0.2) is 48.8 Å². The fraction of sp³-hybridized carbons (Fsp3) is 0.235. The molecule has 0 aliphatic carbocycles. The van der Waals surface area contributed by atoms with Gasteiger partial charge in [0.15, 0.2) is 0 Å². The number of pyridine rings is 1. The molecule has 0 bridgehead atoms. The first-order chi connectivity index (χ1) is 10.7. The SMILES string of the molecule is Cc1ccc2ncc(CNC(CO)c3ccc(Cl)cc3)n2c1. The molecule has 114 valence electrons. The van der Waals surface area contributed by atoms with Gasteiger partial charge in [0, 0.05) is 17.8 Å². The van der Waals surface area contributed by atoms with Crippen molar-refractivity contribution in [3.63, 3.8) is 0 Å². The Bertz CT molecular complexity index is 767. The summed E-state index contributed by atoms with van der Waals surface area (Å²) in [5.74, 6) is 0. The van der Waals surface area contributed by atoms with Crippen LogP contribution in [0.3, 0.4) is 0 Å². The molecule has 5 heteroatoms. The number of aryl methyl sites for hydroxylation is 1. The first-order valence-corrected chi connectivity index (χ1v) is 7.57. The molecule has 0 amide bonds. The molecule has 2 heterocycles. The zero-order valence-corrected chi connectivity index (χ0v) is 13.1. The highest BCUT2D eigenvalue weighted by molar-refractivity contribution is 6.30. The first kappa shape index (κ1) is 15.0. The van der Waals surface area contributed by atoms with Gasteiger partial charge in [-0.3, -0.25) is 0 Å². The molecule has 3 aromatic rings. The molecule has 0 aliphatic heterocycles. The smallest absolute Gasteiger partial charge is 0.136 e. The highest BCUT2D eigenvalue weighted by Gasteiger charge is 2.11. The van der Waals surface area contributed by atoms with Crippen LogP contribution in [-0.2, 0) is 6.54 Å². The van der Waals surface area contributed by atoms with E-state index in [1.807, 2.05) is 42.6 Å². The third kappa shape index (κ3) is 3.14. The van der Waals surface area contributed by atoms with E-state index in [0.717, 1.165) is 16.9 Å². The maximum absolute atomic E-state index is 9.62. The van der Waals surface area contributed by atoms with Crippen molar-refractivity contribution < 1.29 is 5.11 Å². The highest BCUT2D eigenvalue weighted by atomic mass is 35.5. The van der Waals surface area contributed by atoms with E-state index in [4.69, 9.17) is 11.6 Å². The number of hydrogen-bond acceptors (Lipinski definition) is 3. The Balaban J connectivity index is 1.77. The lowest BCUT2D eigenvalue weighted by atomic mass is 10.1. The van der Waals surface area contributed by atoms with Gasteiger partial charge in [-0.25, -0.2) is 4.98 Å². The molecular formula is C17H18ClN3O. The lowest BCUT2D eigenvalue weighted by Crippen LogP contribution is -2.24. The van der Waals surface area contributed by atoms with Gasteiger partial charge in [0.2, 0.25) is 0 Å². The van der Waals surface area contributed by atoms with Gasteiger partial charge in [0.05, 0.1) is 24.5 Å². The summed E-state index contributed by atoms with van der Waals surface area (Å²) in [7, 11) is 0. The maximum Gasteiger partial charge on any atom is 0.136 e. The topological polar surface area (TPSA) is 49.6 Å². The van der Waals surface area contributed by atoms with Crippen LogP contribution in [0, 0.1) is 6.92 Å². The standard InChI is InChI=1S/C17H18ClN3O/c1-12-2-7-17-20-9-15(21(17)10-12)8-19-16(11-22)13-3-5-14(18)6-4-13/h2-7,9-10,16,19,22H,8,11H2,1H3. The van der Waals surface area contributed by atoms with Crippen molar-refractivity contribution in [2.75, 3.05) is 6.61 Å². The molecule has 0 saturated carbocycles. The summed E-state index contributed by atoms with van der Waals surface area (Å²) in [5, 5.41) is 13.7. The van der Waals surface area contributed by atoms with Crippen LogP contribution in [0.5, 0.6) is 0 Å². The summed E-state index contributed by atoms with van der Waals surface area (Å²) < 4.78 is 2.07. The normalized spacial score (nSPS) is 12.7. The van der Waals surface area contributed by atoms with E-state index in [-0.39, 0.29) is 12.6 Å². The first-order valence-electron chi connectivity index (χ1n) is 7.19. The number of nitrogens with one attached hydrogen (secondary N) is 1. The van der Waals surface area contributed by atoms with Gasteiger partial charge in [0.1, 0.15) is 5.65 Å². The molecule has 0 saturated heterocycles. The van der Waals surface area contributed by atoms with E-state index >= 15 is 0 Å².